The number of benzene rings is 2. The molecule has 3 aromatic rings. The van der Waals surface area contributed by atoms with Gasteiger partial charge in [0.25, 0.3) is 11.8 Å². The van der Waals surface area contributed by atoms with Crippen molar-refractivity contribution in [3.63, 3.8) is 0 Å². The molecule has 6 heteroatoms. The highest BCUT2D eigenvalue weighted by Crippen LogP contribution is 2.30. The quantitative estimate of drug-likeness (QED) is 0.685. The molecule has 0 aliphatic rings. The minimum absolute atomic E-state index is 0.117. The van der Waals surface area contributed by atoms with Crippen molar-refractivity contribution in [1.82, 2.24) is 10.2 Å². The maximum absolute atomic E-state index is 13.8. The van der Waals surface area contributed by atoms with Crippen LogP contribution in [0.1, 0.15) is 19.7 Å². The molecule has 118 valence electrons. The molecule has 0 saturated heterocycles. The number of nitrogens with zero attached hydrogens (tertiary/aromatic N) is 2. The molecule has 3 rings (SSSR count). The van der Waals surface area contributed by atoms with Gasteiger partial charge in [0, 0.05) is 5.02 Å². The standard InChI is InChI=1S/C17H14ClFN2O2/c1-17(2,23-12-9-7-11(18)8-10-12)16-21-20-15(22-16)13-5-3-4-6-14(13)19/h3-10H,1-2H3. The normalized spacial score (nSPS) is 11.5. The molecular weight excluding hydrogens is 319 g/mol. The third-order valence-electron chi connectivity index (χ3n) is 3.23. The molecule has 23 heavy (non-hydrogen) atoms. The van der Waals surface area contributed by atoms with Crippen molar-refractivity contribution >= 4 is 11.6 Å². The van der Waals surface area contributed by atoms with Crippen molar-refractivity contribution in [3.8, 4) is 17.2 Å². The second kappa shape index (κ2) is 6.01. The second-order valence-electron chi connectivity index (χ2n) is 5.46. The number of aromatic nitrogens is 2. The lowest BCUT2D eigenvalue weighted by Crippen LogP contribution is -2.25. The Kier molecular flexibility index (Phi) is 4.05. The smallest absolute Gasteiger partial charge is 0.259 e. The topological polar surface area (TPSA) is 48.2 Å². The second-order valence-corrected chi connectivity index (χ2v) is 5.89. The summed E-state index contributed by atoms with van der Waals surface area (Å²) in [6.45, 7) is 3.58. The van der Waals surface area contributed by atoms with Gasteiger partial charge in [-0.05, 0) is 50.2 Å². The van der Waals surface area contributed by atoms with Crippen molar-refractivity contribution in [2.24, 2.45) is 0 Å². The van der Waals surface area contributed by atoms with E-state index in [0.717, 1.165) is 0 Å². The SMILES string of the molecule is CC(C)(Oc1ccc(Cl)cc1)c1nnc(-c2ccccc2F)o1. The molecule has 1 aromatic heterocycles. The highest BCUT2D eigenvalue weighted by molar-refractivity contribution is 6.30. The lowest BCUT2D eigenvalue weighted by molar-refractivity contribution is 0.0770. The fourth-order valence-electron chi connectivity index (χ4n) is 2.05. The Morgan fingerprint density at radius 2 is 1.74 bits per heavy atom. The van der Waals surface area contributed by atoms with Gasteiger partial charge in [-0.1, -0.05) is 23.7 Å². The van der Waals surface area contributed by atoms with Gasteiger partial charge in [-0.25, -0.2) is 4.39 Å². The zero-order valence-electron chi connectivity index (χ0n) is 12.6. The van der Waals surface area contributed by atoms with E-state index >= 15 is 0 Å². The largest absolute Gasteiger partial charge is 0.478 e. The van der Waals surface area contributed by atoms with Crippen LogP contribution in [-0.4, -0.2) is 10.2 Å². The fraction of sp³-hybridized carbons (Fsp3) is 0.176. The first-order chi connectivity index (χ1) is 11.0. The van der Waals surface area contributed by atoms with Crippen LogP contribution in [0.5, 0.6) is 5.75 Å². The summed E-state index contributed by atoms with van der Waals surface area (Å²) in [4.78, 5) is 0. The average Bonchev–Trinajstić information content (AvgIpc) is 3.00. The van der Waals surface area contributed by atoms with Crippen LogP contribution in [0.25, 0.3) is 11.5 Å². The minimum Gasteiger partial charge on any atom is -0.478 e. The first kappa shape index (κ1) is 15.5. The van der Waals surface area contributed by atoms with Crippen LogP contribution >= 0.6 is 11.6 Å². The van der Waals surface area contributed by atoms with Crippen molar-refractivity contribution in [1.29, 1.82) is 0 Å². The molecular formula is C17H14ClFN2O2. The van der Waals surface area contributed by atoms with Crippen LogP contribution in [0, 0.1) is 5.82 Å². The van der Waals surface area contributed by atoms with Crippen LogP contribution in [0.3, 0.4) is 0 Å². The summed E-state index contributed by atoms with van der Waals surface area (Å²) in [5, 5.41) is 8.52. The molecule has 1 heterocycles. The number of ether oxygens (including phenoxy) is 1. The zero-order valence-corrected chi connectivity index (χ0v) is 13.3. The Morgan fingerprint density at radius 1 is 1.04 bits per heavy atom. The summed E-state index contributed by atoms with van der Waals surface area (Å²) in [6, 6.07) is 13.2. The molecule has 0 atom stereocenters. The Balaban J connectivity index is 1.86. The van der Waals surface area contributed by atoms with E-state index in [1.54, 1.807) is 56.3 Å². The van der Waals surface area contributed by atoms with Gasteiger partial charge in [-0.2, -0.15) is 0 Å². The third kappa shape index (κ3) is 3.35. The van der Waals surface area contributed by atoms with Gasteiger partial charge < -0.3 is 9.15 Å². The lowest BCUT2D eigenvalue weighted by Gasteiger charge is -2.22. The van der Waals surface area contributed by atoms with E-state index in [-0.39, 0.29) is 17.3 Å². The molecule has 0 fully saturated rings. The Bertz CT molecular complexity index is 815. The van der Waals surface area contributed by atoms with Crippen LogP contribution in [0.2, 0.25) is 5.02 Å². The number of rotatable bonds is 4. The molecule has 2 aromatic carbocycles. The van der Waals surface area contributed by atoms with E-state index < -0.39 is 11.4 Å². The molecule has 0 aliphatic carbocycles. The van der Waals surface area contributed by atoms with Crippen LogP contribution in [0.15, 0.2) is 52.9 Å². The maximum atomic E-state index is 13.8. The summed E-state index contributed by atoms with van der Waals surface area (Å²) >= 11 is 5.85. The van der Waals surface area contributed by atoms with E-state index in [1.807, 2.05) is 0 Å². The van der Waals surface area contributed by atoms with E-state index in [9.17, 15) is 4.39 Å². The molecule has 0 saturated carbocycles. The molecule has 0 aliphatic heterocycles. The van der Waals surface area contributed by atoms with Gasteiger partial charge in [-0.15, -0.1) is 10.2 Å². The predicted octanol–water partition coefficient (Wildman–Crippen LogP) is 4.84. The van der Waals surface area contributed by atoms with Crippen LogP contribution in [0.4, 0.5) is 4.39 Å². The van der Waals surface area contributed by atoms with Crippen LogP contribution in [-0.2, 0) is 5.60 Å². The summed E-state index contributed by atoms with van der Waals surface area (Å²) in [5.74, 6) is 0.570. The average molecular weight is 333 g/mol. The molecule has 0 N–H and O–H groups in total. The van der Waals surface area contributed by atoms with Gasteiger partial charge in [0.05, 0.1) is 5.56 Å². The fourth-order valence-corrected chi connectivity index (χ4v) is 2.18. The van der Waals surface area contributed by atoms with Gasteiger partial charge >= 0.3 is 0 Å². The van der Waals surface area contributed by atoms with Crippen molar-refractivity contribution in [3.05, 3.63) is 65.3 Å². The molecule has 0 unspecified atom stereocenters. The van der Waals surface area contributed by atoms with Gasteiger partial charge in [0.2, 0.25) is 0 Å². The monoisotopic (exact) mass is 332 g/mol. The maximum Gasteiger partial charge on any atom is 0.259 e. The molecule has 4 nitrogen and oxygen atoms in total. The summed E-state index contributed by atoms with van der Waals surface area (Å²) < 4.78 is 25.3. The Labute approximate surface area is 137 Å². The van der Waals surface area contributed by atoms with Gasteiger partial charge in [0.15, 0.2) is 5.60 Å². The van der Waals surface area contributed by atoms with Crippen molar-refractivity contribution in [2.45, 2.75) is 19.4 Å². The van der Waals surface area contributed by atoms with Gasteiger partial charge in [-0.3, -0.25) is 0 Å². The highest BCUT2D eigenvalue weighted by atomic mass is 35.5. The summed E-state index contributed by atoms with van der Waals surface area (Å²) in [5.41, 5.74) is -0.613. The van der Waals surface area contributed by atoms with Crippen molar-refractivity contribution in [2.75, 3.05) is 0 Å². The van der Waals surface area contributed by atoms with E-state index in [1.165, 1.54) is 6.07 Å². The summed E-state index contributed by atoms with van der Waals surface area (Å²) in [7, 11) is 0. The zero-order chi connectivity index (χ0) is 16.4. The highest BCUT2D eigenvalue weighted by Gasteiger charge is 2.30. The number of hydrogen-bond donors (Lipinski definition) is 0. The first-order valence-electron chi connectivity index (χ1n) is 6.99. The lowest BCUT2D eigenvalue weighted by atomic mass is 10.1. The first-order valence-corrected chi connectivity index (χ1v) is 7.37. The predicted molar refractivity (Wildman–Crippen MR) is 84.8 cm³/mol. The van der Waals surface area contributed by atoms with Crippen molar-refractivity contribution < 1.29 is 13.5 Å². The molecule has 0 radical (unpaired) electrons. The Morgan fingerprint density at radius 3 is 2.43 bits per heavy atom. The molecule has 0 amide bonds. The van der Waals surface area contributed by atoms with Gasteiger partial charge in [0.1, 0.15) is 11.6 Å². The van der Waals surface area contributed by atoms with E-state index in [2.05, 4.69) is 10.2 Å². The third-order valence-corrected chi connectivity index (χ3v) is 3.48. The molecule has 0 bridgehead atoms. The molecule has 0 spiro atoms. The van der Waals surface area contributed by atoms with E-state index in [4.69, 9.17) is 20.8 Å². The Hall–Kier alpha value is -2.40. The minimum atomic E-state index is -0.871. The van der Waals surface area contributed by atoms with E-state index in [0.29, 0.717) is 10.8 Å². The summed E-state index contributed by atoms with van der Waals surface area (Å²) in [6.07, 6.45) is 0. The number of halogens is 2. The van der Waals surface area contributed by atoms with Crippen LogP contribution < -0.4 is 4.74 Å². The number of hydrogen-bond acceptors (Lipinski definition) is 4.